The molecule has 0 bridgehead atoms. The van der Waals surface area contributed by atoms with Gasteiger partial charge in [-0.3, -0.25) is 9.69 Å². The number of benzene rings is 2. The summed E-state index contributed by atoms with van der Waals surface area (Å²) in [5.74, 6) is 0.473. The van der Waals surface area contributed by atoms with E-state index in [1.807, 2.05) is 48.5 Å². The van der Waals surface area contributed by atoms with Gasteiger partial charge in [0.25, 0.3) is 0 Å². The van der Waals surface area contributed by atoms with Crippen LogP contribution in [-0.4, -0.2) is 47.9 Å². The first-order valence-corrected chi connectivity index (χ1v) is 10.5. The van der Waals surface area contributed by atoms with E-state index in [4.69, 9.17) is 9.47 Å². The number of aliphatic hydroxyl groups is 1. The van der Waals surface area contributed by atoms with Crippen LogP contribution in [0.15, 0.2) is 60.7 Å². The van der Waals surface area contributed by atoms with Crippen LogP contribution >= 0.6 is 0 Å². The van der Waals surface area contributed by atoms with Crippen LogP contribution in [0.5, 0.6) is 5.75 Å². The van der Waals surface area contributed by atoms with Gasteiger partial charge in [0.15, 0.2) is 0 Å². The van der Waals surface area contributed by atoms with Crippen LogP contribution < -0.4 is 4.74 Å². The summed E-state index contributed by atoms with van der Waals surface area (Å²) in [5, 5.41) is 10.5. The van der Waals surface area contributed by atoms with Crippen LogP contribution in [0.2, 0.25) is 0 Å². The van der Waals surface area contributed by atoms with Gasteiger partial charge < -0.3 is 14.6 Å². The number of hydrogen-bond acceptors (Lipinski definition) is 5. The summed E-state index contributed by atoms with van der Waals surface area (Å²) in [6.07, 6.45) is 3.33. The standard InChI is InChI=1S/C25H33NO4/c1-4-29-25(28)12-8-11-21-13-15-24(16-14-21)30-19-23(27)18-26(20(2)3)17-22-9-6-5-7-10-22/h5-11,13-16,20,23,27H,4,12,17-19H2,1-3H3. The largest absolute Gasteiger partial charge is 0.491 e. The zero-order valence-corrected chi connectivity index (χ0v) is 18.2. The summed E-state index contributed by atoms with van der Waals surface area (Å²) < 4.78 is 10.6. The molecule has 1 N–H and O–H groups in total. The molecule has 0 saturated heterocycles. The lowest BCUT2D eigenvalue weighted by atomic mass is 10.1. The predicted octanol–water partition coefficient (Wildman–Crippen LogP) is 4.30. The average Bonchev–Trinajstić information content (AvgIpc) is 2.73. The van der Waals surface area contributed by atoms with Crippen LogP contribution in [0.4, 0.5) is 0 Å². The van der Waals surface area contributed by atoms with E-state index in [1.54, 1.807) is 13.0 Å². The van der Waals surface area contributed by atoms with Crippen molar-refractivity contribution in [3.8, 4) is 5.75 Å². The normalized spacial score (nSPS) is 12.5. The van der Waals surface area contributed by atoms with Crippen LogP contribution in [0, 0.1) is 0 Å². The average molecular weight is 412 g/mol. The molecule has 0 aromatic heterocycles. The Labute approximate surface area is 179 Å². The summed E-state index contributed by atoms with van der Waals surface area (Å²) in [6.45, 7) is 8.02. The van der Waals surface area contributed by atoms with E-state index in [1.165, 1.54) is 5.56 Å². The van der Waals surface area contributed by atoms with Gasteiger partial charge in [0.2, 0.25) is 0 Å². The van der Waals surface area contributed by atoms with Crippen LogP contribution in [0.25, 0.3) is 6.08 Å². The summed E-state index contributed by atoms with van der Waals surface area (Å²) in [5.41, 5.74) is 2.20. The Bertz CT molecular complexity index is 771. The SMILES string of the molecule is CCOC(=O)CC=Cc1ccc(OCC(O)CN(Cc2ccccc2)C(C)C)cc1. The van der Waals surface area contributed by atoms with Gasteiger partial charge in [0.1, 0.15) is 18.5 Å². The van der Waals surface area contributed by atoms with Crippen molar-refractivity contribution in [2.24, 2.45) is 0 Å². The van der Waals surface area contributed by atoms with E-state index in [0.717, 1.165) is 12.1 Å². The molecule has 30 heavy (non-hydrogen) atoms. The minimum absolute atomic E-state index is 0.231. The molecule has 2 aromatic rings. The van der Waals surface area contributed by atoms with E-state index in [9.17, 15) is 9.90 Å². The number of rotatable bonds is 12. The second-order valence-electron chi connectivity index (χ2n) is 7.45. The van der Waals surface area contributed by atoms with Crippen LogP contribution in [0.3, 0.4) is 0 Å². The summed E-state index contributed by atoms with van der Waals surface area (Å²) >= 11 is 0. The van der Waals surface area contributed by atoms with Gasteiger partial charge in [-0.1, -0.05) is 54.6 Å². The topological polar surface area (TPSA) is 59.0 Å². The molecular weight excluding hydrogens is 378 g/mol. The van der Waals surface area contributed by atoms with E-state index in [-0.39, 0.29) is 19.0 Å². The molecule has 5 heteroatoms. The van der Waals surface area contributed by atoms with E-state index in [2.05, 4.69) is 30.9 Å². The second-order valence-corrected chi connectivity index (χ2v) is 7.45. The van der Waals surface area contributed by atoms with Gasteiger partial charge in [-0.15, -0.1) is 0 Å². The van der Waals surface area contributed by atoms with Crippen LogP contribution in [-0.2, 0) is 16.1 Å². The smallest absolute Gasteiger partial charge is 0.309 e. The molecule has 0 saturated carbocycles. The second kappa shape index (κ2) is 12.8. The minimum atomic E-state index is -0.583. The van der Waals surface area contributed by atoms with Crippen molar-refractivity contribution >= 4 is 12.0 Å². The first-order valence-electron chi connectivity index (χ1n) is 10.5. The highest BCUT2D eigenvalue weighted by Crippen LogP contribution is 2.15. The van der Waals surface area contributed by atoms with E-state index < -0.39 is 6.10 Å². The first-order chi connectivity index (χ1) is 14.5. The number of aliphatic hydroxyl groups excluding tert-OH is 1. The highest BCUT2D eigenvalue weighted by Gasteiger charge is 2.16. The van der Waals surface area contributed by atoms with Crippen molar-refractivity contribution < 1.29 is 19.4 Å². The number of hydrogen-bond donors (Lipinski definition) is 1. The molecule has 1 unspecified atom stereocenters. The quantitative estimate of drug-likeness (QED) is 0.528. The predicted molar refractivity (Wildman–Crippen MR) is 120 cm³/mol. The molecule has 0 heterocycles. The van der Waals surface area contributed by atoms with Crippen LogP contribution in [0.1, 0.15) is 38.3 Å². The lowest BCUT2D eigenvalue weighted by Crippen LogP contribution is -2.39. The Morgan fingerprint density at radius 3 is 2.43 bits per heavy atom. The summed E-state index contributed by atoms with van der Waals surface area (Å²) in [4.78, 5) is 13.6. The van der Waals surface area contributed by atoms with Gasteiger partial charge in [0.05, 0.1) is 13.0 Å². The Hall–Kier alpha value is -2.63. The van der Waals surface area contributed by atoms with Crippen molar-refractivity contribution in [2.45, 2.75) is 45.9 Å². The molecule has 1 atom stereocenters. The number of esters is 1. The molecule has 5 nitrogen and oxygen atoms in total. The fraction of sp³-hybridized carbons (Fsp3) is 0.400. The van der Waals surface area contributed by atoms with E-state index >= 15 is 0 Å². The number of carbonyl (C=O) groups is 1. The third-order valence-electron chi connectivity index (χ3n) is 4.63. The molecule has 0 radical (unpaired) electrons. The molecule has 0 aliphatic carbocycles. The van der Waals surface area contributed by atoms with Gasteiger partial charge in [-0.2, -0.15) is 0 Å². The third-order valence-corrected chi connectivity index (χ3v) is 4.63. The Morgan fingerprint density at radius 1 is 1.10 bits per heavy atom. The fourth-order valence-electron chi connectivity index (χ4n) is 2.98. The minimum Gasteiger partial charge on any atom is -0.491 e. The molecule has 0 amide bonds. The van der Waals surface area contributed by atoms with Gasteiger partial charge in [0, 0.05) is 19.1 Å². The van der Waals surface area contributed by atoms with Gasteiger partial charge in [-0.25, -0.2) is 0 Å². The maximum atomic E-state index is 11.3. The first kappa shape index (κ1) is 23.6. The summed E-state index contributed by atoms with van der Waals surface area (Å²) in [7, 11) is 0. The Kier molecular flexibility index (Phi) is 10.1. The monoisotopic (exact) mass is 411 g/mol. The lowest BCUT2D eigenvalue weighted by molar-refractivity contribution is -0.142. The molecular formula is C25H33NO4. The maximum absolute atomic E-state index is 11.3. The fourth-order valence-corrected chi connectivity index (χ4v) is 2.98. The zero-order valence-electron chi connectivity index (χ0n) is 18.2. The summed E-state index contributed by atoms with van der Waals surface area (Å²) in [6, 6.07) is 18.1. The lowest BCUT2D eigenvalue weighted by Gasteiger charge is -2.28. The Balaban J connectivity index is 1.79. The van der Waals surface area contributed by atoms with Crippen molar-refractivity contribution in [2.75, 3.05) is 19.8 Å². The molecule has 2 aromatic carbocycles. The van der Waals surface area contributed by atoms with Gasteiger partial charge >= 0.3 is 5.97 Å². The van der Waals surface area contributed by atoms with Crippen molar-refractivity contribution in [1.29, 1.82) is 0 Å². The molecule has 0 fully saturated rings. The molecule has 0 aliphatic heterocycles. The molecule has 0 spiro atoms. The number of carbonyl (C=O) groups excluding carboxylic acids is 1. The maximum Gasteiger partial charge on any atom is 0.309 e. The highest BCUT2D eigenvalue weighted by molar-refractivity contribution is 5.72. The molecule has 0 aliphatic rings. The zero-order chi connectivity index (χ0) is 21.8. The van der Waals surface area contributed by atoms with Crippen molar-refractivity contribution in [3.05, 3.63) is 71.8 Å². The molecule has 2 rings (SSSR count). The number of nitrogens with zero attached hydrogens (tertiary/aromatic N) is 1. The van der Waals surface area contributed by atoms with Crippen molar-refractivity contribution in [3.63, 3.8) is 0 Å². The highest BCUT2D eigenvalue weighted by atomic mass is 16.5. The number of ether oxygens (including phenoxy) is 2. The Morgan fingerprint density at radius 2 is 1.80 bits per heavy atom. The third kappa shape index (κ3) is 8.80. The van der Waals surface area contributed by atoms with E-state index in [0.29, 0.717) is 24.9 Å². The van der Waals surface area contributed by atoms with Gasteiger partial charge in [-0.05, 0) is 44.0 Å². The van der Waals surface area contributed by atoms with Crippen molar-refractivity contribution in [1.82, 2.24) is 4.90 Å². The molecule has 162 valence electrons.